The third-order valence-corrected chi connectivity index (χ3v) is 5.96. The number of nitrogens with zero attached hydrogens (tertiary/aromatic N) is 2. The molecule has 6 heteroatoms. The van der Waals surface area contributed by atoms with Gasteiger partial charge in [-0.05, 0) is 30.0 Å². The van der Waals surface area contributed by atoms with E-state index in [9.17, 15) is 9.59 Å². The molecule has 0 aliphatic carbocycles. The van der Waals surface area contributed by atoms with Gasteiger partial charge in [-0.3, -0.25) is 14.6 Å². The molecule has 1 aromatic heterocycles. The molecule has 2 amide bonds. The fraction of sp³-hybridized carbons (Fsp3) is 0.273. The first-order valence-corrected chi connectivity index (χ1v) is 9.64. The van der Waals surface area contributed by atoms with Crippen LogP contribution in [0.2, 0.25) is 0 Å². The van der Waals surface area contributed by atoms with Crippen LogP contribution in [-0.4, -0.2) is 39.3 Å². The van der Waals surface area contributed by atoms with Gasteiger partial charge in [0.05, 0.1) is 6.04 Å². The van der Waals surface area contributed by atoms with Crippen LogP contribution < -0.4 is 5.84 Å². The Morgan fingerprint density at radius 2 is 1.79 bits per heavy atom. The van der Waals surface area contributed by atoms with Crippen LogP contribution in [0, 0.1) is 0 Å². The number of carbonyl (C=O) groups is 2. The zero-order valence-electron chi connectivity index (χ0n) is 15.5. The van der Waals surface area contributed by atoms with Gasteiger partial charge in [0, 0.05) is 23.0 Å². The van der Waals surface area contributed by atoms with Crippen molar-refractivity contribution in [2.24, 2.45) is 5.84 Å². The molecule has 28 heavy (non-hydrogen) atoms. The third kappa shape index (κ3) is 2.60. The first-order chi connectivity index (χ1) is 13.6. The van der Waals surface area contributed by atoms with E-state index in [4.69, 9.17) is 5.84 Å². The van der Waals surface area contributed by atoms with Gasteiger partial charge in [-0.1, -0.05) is 48.5 Å². The van der Waals surface area contributed by atoms with E-state index < -0.39 is 6.04 Å². The number of amides is 2. The summed E-state index contributed by atoms with van der Waals surface area (Å²) in [6.07, 6.45) is 2.08. The van der Waals surface area contributed by atoms with Crippen LogP contribution in [0.15, 0.2) is 54.6 Å². The lowest BCUT2D eigenvalue weighted by Crippen LogP contribution is -2.64. The Bertz CT molecular complexity index is 1060. The average Bonchev–Trinajstić information content (AvgIpc) is 3.09. The predicted molar refractivity (Wildman–Crippen MR) is 106 cm³/mol. The molecule has 1 unspecified atom stereocenters. The number of hydrogen-bond acceptors (Lipinski definition) is 3. The average molecular weight is 374 g/mol. The van der Waals surface area contributed by atoms with Gasteiger partial charge in [-0.15, -0.1) is 0 Å². The quantitative estimate of drug-likeness (QED) is 0.545. The monoisotopic (exact) mass is 374 g/mol. The lowest BCUT2D eigenvalue weighted by Gasteiger charge is -2.46. The Hall–Kier alpha value is -3.12. The number of hydrazine groups is 1. The van der Waals surface area contributed by atoms with Crippen molar-refractivity contribution in [1.29, 1.82) is 0 Å². The van der Waals surface area contributed by atoms with Gasteiger partial charge < -0.3 is 9.88 Å². The van der Waals surface area contributed by atoms with Crippen molar-refractivity contribution in [2.45, 2.75) is 31.3 Å². The summed E-state index contributed by atoms with van der Waals surface area (Å²) in [6, 6.07) is 17.7. The van der Waals surface area contributed by atoms with Crippen molar-refractivity contribution in [1.82, 2.24) is 14.9 Å². The maximum Gasteiger partial charge on any atom is 0.260 e. The van der Waals surface area contributed by atoms with Crippen LogP contribution in [-0.2, 0) is 22.4 Å². The number of fused-ring (bicyclic) bond motifs is 4. The molecule has 2 atom stereocenters. The number of rotatable bonds is 3. The molecule has 0 spiro atoms. The van der Waals surface area contributed by atoms with Crippen LogP contribution in [0.4, 0.5) is 0 Å². The highest BCUT2D eigenvalue weighted by Crippen LogP contribution is 2.40. The third-order valence-electron chi connectivity index (χ3n) is 5.96. The van der Waals surface area contributed by atoms with E-state index in [1.165, 1.54) is 5.56 Å². The van der Waals surface area contributed by atoms with Crippen LogP contribution in [0.3, 0.4) is 0 Å². The smallest absolute Gasteiger partial charge is 0.260 e. The number of benzene rings is 2. The first kappa shape index (κ1) is 17.0. The number of aromatic amines is 1. The zero-order valence-corrected chi connectivity index (χ0v) is 15.5. The van der Waals surface area contributed by atoms with E-state index in [0.717, 1.165) is 40.0 Å². The van der Waals surface area contributed by atoms with Gasteiger partial charge in [-0.2, -0.15) is 0 Å². The van der Waals surface area contributed by atoms with E-state index in [-0.39, 0.29) is 24.4 Å². The highest BCUT2D eigenvalue weighted by Gasteiger charge is 2.46. The highest BCUT2D eigenvalue weighted by molar-refractivity contribution is 5.97. The van der Waals surface area contributed by atoms with E-state index in [0.29, 0.717) is 6.42 Å². The van der Waals surface area contributed by atoms with Gasteiger partial charge in [0.1, 0.15) is 12.6 Å². The van der Waals surface area contributed by atoms with Gasteiger partial charge in [0.15, 0.2) is 0 Å². The maximum atomic E-state index is 12.9. The summed E-state index contributed by atoms with van der Waals surface area (Å²) < 4.78 is 0. The summed E-state index contributed by atoms with van der Waals surface area (Å²) in [6.45, 7) is -0.0628. The van der Waals surface area contributed by atoms with Crippen LogP contribution in [0.1, 0.15) is 29.3 Å². The lowest BCUT2D eigenvalue weighted by atomic mass is 9.87. The Kier molecular flexibility index (Phi) is 3.94. The molecule has 5 rings (SSSR count). The summed E-state index contributed by atoms with van der Waals surface area (Å²) in [5, 5.41) is 2.19. The fourth-order valence-electron chi connectivity index (χ4n) is 4.66. The van der Waals surface area contributed by atoms with Crippen molar-refractivity contribution in [3.63, 3.8) is 0 Å². The summed E-state index contributed by atoms with van der Waals surface area (Å²) in [4.78, 5) is 31.0. The molecule has 1 saturated heterocycles. The number of aryl methyl sites for hydroxylation is 1. The number of piperazine rings is 1. The lowest BCUT2D eigenvalue weighted by molar-refractivity contribution is -0.160. The molecule has 2 aliphatic heterocycles. The molecule has 0 saturated carbocycles. The van der Waals surface area contributed by atoms with Gasteiger partial charge in [-0.25, -0.2) is 5.84 Å². The van der Waals surface area contributed by atoms with Crippen LogP contribution in [0.5, 0.6) is 0 Å². The van der Waals surface area contributed by atoms with Crippen molar-refractivity contribution in [3.05, 3.63) is 71.4 Å². The number of hydrogen-bond donors (Lipinski definition) is 2. The molecular weight excluding hydrogens is 352 g/mol. The van der Waals surface area contributed by atoms with Crippen molar-refractivity contribution in [2.75, 3.05) is 6.54 Å². The molecular formula is C22H22N4O2. The molecule has 3 aromatic rings. The minimum atomic E-state index is -0.529. The fourth-order valence-corrected chi connectivity index (χ4v) is 4.66. The number of carbonyl (C=O) groups excluding carboxylic acids is 2. The van der Waals surface area contributed by atoms with E-state index >= 15 is 0 Å². The topological polar surface area (TPSA) is 82.4 Å². The summed E-state index contributed by atoms with van der Waals surface area (Å²) in [5.41, 5.74) is 4.45. The molecule has 0 bridgehead atoms. The van der Waals surface area contributed by atoms with Gasteiger partial charge >= 0.3 is 0 Å². The Morgan fingerprint density at radius 3 is 2.61 bits per heavy atom. The summed E-state index contributed by atoms with van der Waals surface area (Å²) >= 11 is 0. The molecule has 2 aromatic carbocycles. The van der Waals surface area contributed by atoms with E-state index in [2.05, 4.69) is 23.2 Å². The molecule has 3 heterocycles. The summed E-state index contributed by atoms with van der Waals surface area (Å²) in [7, 11) is 0. The standard InChI is InChI=1S/C22H22N4O2/c23-25-13-20(27)26-18(11-10-14-6-2-1-3-7-14)21-16(12-19(26)22(25)28)15-8-4-5-9-17(15)24-21/h1-9,18-19,24H,10-13,23H2/t18?,19-/m0/s1. The van der Waals surface area contributed by atoms with Crippen molar-refractivity contribution < 1.29 is 9.59 Å². The normalized spacial score (nSPS) is 21.8. The number of nitrogens with one attached hydrogen (secondary N) is 1. The minimum absolute atomic E-state index is 0.0628. The molecule has 2 aliphatic rings. The Labute approximate surface area is 162 Å². The number of para-hydroxylation sites is 1. The van der Waals surface area contributed by atoms with Crippen molar-refractivity contribution >= 4 is 22.7 Å². The van der Waals surface area contributed by atoms with Gasteiger partial charge in [0.2, 0.25) is 5.91 Å². The Morgan fingerprint density at radius 1 is 1.04 bits per heavy atom. The number of nitrogens with two attached hydrogens (primary N) is 1. The molecule has 1 fully saturated rings. The SMILES string of the molecule is NN1CC(=O)N2C(CCc3ccccc3)c3[nH]c4ccccc4c3C[C@H]2C1=O. The van der Waals surface area contributed by atoms with Crippen LogP contribution in [0.25, 0.3) is 10.9 Å². The van der Waals surface area contributed by atoms with Crippen molar-refractivity contribution in [3.8, 4) is 0 Å². The largest absolute Gasteiger partial charge is 0.356 e. The molecule has 142 valence electrons. The highest BCUT2D eigenvalue weighted by atomic mass is 16.2. The van der Waals surface area contributed by atoms with E-state index in [1.54, 1.807) is 4.90 Å². The molecule has 6 nitrogen and oxygen atoms in total. The second-order valence-electron chi connectivity index (χ2n) is 7.59. The second kappa shape index (κ2) is 6.49. The number of H-pyrrole nitrogens is 1. The van der Waals surface area contributed by atoms with Crippen LogP contribution >= 0.6 is 0 Å². The molecule has 0 radical (unpaired) electrons. The maximum absolute atomic E-state index is 12.9. The summed E-state index contributed by atoms with van der Waals surface area (Å²) in [5.74, 6) is 5.55. The first-order valence-electron chi connectivity index (χ1n) is 9.64. The second-order valence-corrected chi connectivity index (χ2v) is 7.59. The van der Waals surface area contributed by atoms with Gasteiger partial charge in [0.25, 0.3) is 5.91 Å². The predicted octanol–water partition coefficient (Wildman–Crippen LogP) is 2.31. The minimum Gasteiger partial charge on any atom is -0.356 e. The zero-order chi connectivity index (χ0) is 19.3. The molecule has 3 N–H and O–H groups in total. The Balaban J connectivity index is 1.59. The van der Waals surface area contributed by atoms with E-state index in [1.807, 2.05) is 36.4 Å². The number of aromatic nitrogens is 1.